The summed E-state index contributed by atoms with van der Waals surface area (Å²) in [4.78, 5) is 12.2. The van der Waals surface area contributed by atoms with Gasteiger partial charge in [0.25, 0.3) is 0 Å². The van der Waals surface area contributed by atoms with Crippen molar-refractivity contribution in [3.8, 4) is 10.4 Å². The van der Waals surface area contributed by atoms with Crippen LogP contribution in [0.4, 0.5) is 13.2 Å². The number of halogens is 3. The number of thiophene rings is 1. The van der Waals surface area contributed by atoms with Gasteiger partial charge in [0.15, 0.2) is 0 Å². The van der Waals surface area contributed by atoms with Crippen molar-refractivity contribution >= 4 is 17.3 Å². The summed E-state index contributed by atoms with van der Waals surface area (Å²) in [6.07, 6.45) is -4.16. The lowest BCUT2D eigenvalue weighted by molar-refractivity contribution is -0.139. The van der Waals surface area contributed by atoms with E-state index in [1.54, 1.807) is 12.1 Å². The highest BCUT2D eigenvalue weighted by molar-refractivity contribution is 7.15. The van der Waals surface area contributed by atoms with Gasteiger partial charge in [0.1, 0.15) is 6.04 Å². The highest BCUT2D eigenvalue weighted by Gasteiger charge is 2.30. The molecule has 0 amide bonds. The second kappa shape index (κ2) is 5.87. The van der Waals surface area contributed by atoms with Crippen LogP contribution in [0.1, 0.15) is 10.4 Å². The number of aliphatic carboxylic acids is 1. The van der Waals surface area contributed by atoms with Crippen molar-refractivity contribution in [2.45, 2.75) is 18.6 Å². The lowest BCUT2D eigenvalue weighted by Crippen LogP contribution is -2.31. The van der Waals surface area contributed by atoms with E-state index in [0.717, 1.165) is 21.9 Å². The van der Waals surface area contributed by atoms with E-state index in [9.17, 15) is 18.0 Å². The summed E-state index contributed by atoms with van der Waals surface area (Å²) >= 11 is 1.32. The maximum atomic E-state index is 12.5. The average Bonchev–Trinajstić information content (AvgIpc) is 2.86. The summed E-state index contributed by atoms with van der Waals surface area (Å²) in [6, 6.07) is 7.35. The average molecular weight is 315 g/mol. The smallest absolute Gasteiger partial charge is 0.416 e. The molecule has 0 fully saturated rings. The van der Waals surface area contributed by atoms with Crippen LogP contribution in [-0.2, 0) is 17.4 Å². The number of nitrogens with two attached hydrogens (primary N) is 1. The quantitative estimate of drug-likeness (QED) is 0.909. The Morgan fingerprint density at radius 3 is 2.33 bits per heavy atom. The van der Waals surface area contributed by atoms with E-state index in [-0.39, 0.29) is 6.42 Å². The van der Waals surface area contributed by atoms with Crippen molar-refractivity contribution < 1.29 is 23.1 Å². The standard InChI is InChI=1S/C14H12F3NO2S/c15-14(16,17)9-3-1-8(2-4-9)12-6-5-10(21-12)7-11(18)13(19)20/h1-6,11H,7,18H2,(H,19,20). The molecule has 1 aromatic heterocycles. The lowest BCUT2D eigenvalue weighted by atomic mass is 10.1. The number of alkyl halides is 3. The van der Waals surface area contributed by atoms with Gasteiger partial charge in [-0.1, -0.05) is 12.1 Å². The van der Waals surface area contributed by atoms with Crippen molar-refractivity contribution in [2.75, 3.05) is 0 Å². The van der Waals surface area contributed by atoms with Gasteiger partial charge in [-0.3, -0.25) is 4.79 Å². The summed E-state index contributed by atoms with van der Waals surface area (Å²) in [5.41, 5.74) is 5.40. The minimum atomic E-state index is -4.35. The molecule has 3 N–H and O–H groups in total. The van der Waals surface area contributed by atoms with Gasteiger partial charge in [0.05, 0.1) is 5.56 Å². The first kappa shape index (κ1) is 15.5. The Balaban J connectivity index is 2.16. The van der Waals surface area contributed by atoms with Crippen LogP contribution >= 0.6 is 11.3 Å². The zero-order chi connectivity index (χ0) is 15.6. The maximum absolute atomic E-state index is 12.5. The van der Waals surface area contributed by atoms with Crippen LogP contribution in [0.2, 0.25) is 0 Å². The molecule has 2 aromatic rings. The summed E-state index contributed by atoms with van der Waals surface area (Å²) in [7, 11) is 0. The van der Waals surface area contributed by atoms with E-state index in [0.29, 0.717) is 5.56 Å². The van der Waals surface area contributed by atoms with Gasteiger partial charge >= 0.3 is 12.1 Å². The third-order valence-corrected chi connectivity index (χ3v) is 4.05. The highest BCUT2D eigenvalue weighted by atomic mass is 32.1. The predicted molar refractivity (Wildman–Crippen MR) is 74.1 cm³/mol. The van der Waals surface area contributed by atoms with Gasteiger partial charge in [0, 0.05) is 16.2 Å². The molecule has 0 aliphatic carbocycles. The van der Waals surface area contributed by atoms with Gasteiger partial charge in [-0.25, -0.2) is 0 Å². The van der Waals surface area contributed by atoms with Crippen molar-refractivity contribution in [1.82, 2.24) is 0 Å². The van der Waals surface area contributed by atoms with Crippen LogP contribution in [0, 0.1) is 0 Å². The summed E-state index contributed by atoms with van der Waals surface area (Å²) in [6.45, 7) is 0. The third kappa shape index (κ3) is 3.83. The molecule has 21 heavy (non-hydrogen) atoms. The maximum Gasteiger partial charge on any atom is 0.416 e. The normalized spacial score (nSPS) is 13.1. The molecule has 0 radical (unpaired) electrons. The highest BCUT2D eigenvalue weighted by Crippen LogP contribution is 2.33. The van der Waals surface area contributed by atoms with Gasteiger partial charge in [-0.15, -0.1) is 11.3 Å². The second-order valence-corrected chi connectivity index (χ2v) is 5.66. The molecule has 0 saturated carbocycles. The minimum Gasteiger partial charge on any atom is -0.480 e. The Bertz CT molecular complexity index is 634. The number of benzene rings is 1. The number of rotatable bonds is 4. The van der Waals surface area contributed by atoms with Crippen LogP contribution in [-0.4, -0.2) is 17.1 Å². The molecule has 0 saturated heterocycles. The number of hydrogen-bond acceptors (Lipinski definition) is 3. The van der Waals surface area contributed by atoms with E-state index >= 15 is 0 Å². The molecule has 0 bridgehead atoms. The fourth-order valence-corrected chi connectivity index (χ4v) is 2.84. The second-order valence-electron chi connectivity index (χ2n) is 4.49. The number of carbonyl (C=O) groups is 1. The fourth-order valence-electron chi connectivity index (χ4n) is 1.77. The summed E-state index contributed by atoms with van der Waals surface area (Å²) in [5, 5.41) is 8.75. The van der Waals surface area contributed by atoms with Crippen LogP contribution in [0.15, 0.2) is 36.4 Å². The fraction of sp³-hybridized carbons (Fsp3) is 0.214. The number of carboxylic acid groups (broad SMARTS) is 1. The van der Waals surface area contributed by atoms with Gasteiger partial charge < -0.3 is 10.8 Å². The minimum absolute atomic E-state index is 0.195. The van der Waals surface area contributed by atoms with Crippen LogP contribution < -0.4 is 5.73 Å². The lowest BCUT2D eigenvalue weighted by Gasteiger charge is -2.06. The van der Waals surface area contributed by atoms with Crippen LogP contribution in [0.5, 0.6) is 0 Å². The van der Waals surface area contributed by atoms with Crippen molar-refractivity contribution in [3.05, 3.63) is 46.8 Å². The Hall–Kier alpha value is -1.86. The number of carboxylic acids is 1. The Morgan fingerprint density at radius 1 is 1.19 bits per heavy atom. The van der Waals surface area contributed by atoms with Gasteiger partial charge in [-0.05, 0) is 29.8 Å². The molecule has 112 valence electrons. The Kier molecular flexibility index (Phi) is 4.34. The Morgan fingerprint density at radius 2 is 1.81 bits per heavy atom. The third-order valence-electron chi connectivity index (χ3n) is 2.90. The Labute approximate surface area is 122 Å². The zero-order valence-electron chi connectivity index (χ0n) is 10.7. The first-order chi connectivity index (χ1) is 9.77. The first-order valence-corrected chi connectivity index (χ1v) is 6.84. The molecule has 2 rings (SSSR count). The van der Waals surface area contributed by atoms with Crippen molar-refractivity contribution in [2.24, 2.45) is 5.73 Å². The molecule has 1 atom stereocenters. The summed E-state index contributed by atoms with van der Waals surface area (Å²) < 4.78 is 37.4. The SMILES string of the molecule is NC(Cc1ccc(-c2ccc(C(F)(F)F)cc2)s1)C(=O)O. The van der Waals surface area contributed by atoms with Gasteiger partial charge in [-0.2, -0.15) is 13.2 Å². The zero-order valence-corrected chi connectivity index (χ0v) is 11.5. The number of hydrogen-bond donors (Lipinski definition) is 2. The van der Waals surface area contributed by atoms with Crippen LogP contribution in [0.3, 0.4) is 0 Å². The molecular formula is C14H12F3NO2S. The molecule has 1 aromatic carbocycles. The van der Waals surface area contributed by atoms with E-state index in [1.807, 2.05) is 0 Å². The first-order valence-electron chi connectivity index (χ1n) is 6.02. The molecule has 0 aliphatic heterocycles. The summed E-state index contributed by atoms with van der Waals surface area (Å²) in [5.74, 6) is -1.08. The predicted octanol–water partition coefficient (Wildman–Crippen LogP) is 3.39. The van der Waals surface area contributed by atoms with Crippen LogP contribution in [0.25, 0.3) is 10.4 Å². The van der Waals surface area contributed by atoms with Crippen molar-refractivity contribution in [1.29, 1.82) is 0 Å². The topological polar surface area (TPSA) is 63.3 Å². The molecule has 1 unspecified atom stereocenters. The monoisotopic (exact) mass is 315 g/mol. The van der Waals surface area contributed by atoms with E-state index in [1.165, 1.54) is 23.5 Å². The van der Waals surface area contributed by atoms with E-state index < -0.39 is 23.8 Å². The molecule has 1 heterocycles. The molecule has 0 spiro atoms. The molecule has 7 heteroatoms. The van der Waals surface area contributed by atoms with E-state index in [2.05, 4.69) is 0 Å². The van der Waals surface area contributed by atoms with Crippen molar-refractivity contribution in [3.63, 3.8) is 0 Å². The van der Waals surface area contributed by atoms with E-state index in [4.69, 9.17) is 10.8 Å². The molecule has 3 nitrogen and oxygen atoms in total. The van der Waals surface area contributed by atoms with Gasteiger partial charge in [0.2, 0.25) is 0 Å². The molecular weight excluding hydrogens is 303 g/mol. The largest absolute Gasteiger partial charge is 0.480 e. The molecule has 0 aliphatic rings.